The Balaban J connectivity index is 1.52. The molecule has 3 atom stereocenters. The second-order valence-electron chi connectivity index (χ2n) is 12.4. The molecule has 0 saturated carbocycles. The van der Waals surface area contributed by atoms with Crippen molar-refractivity contribution in [3.05, 3.63) is 140 Å². The largest absolute Gasteiger partial charge is 0.463 e. The van der Waals surface area contributed by atoms with Gasteiger partial charge in [-0.3, -0.25) is 19.2 Å². The third kappa shape index (κ3) is 12.1. The first-order chi connectivity index (χ1) is 24.8. The van der Waals surface area contributed by atoms with Gasteiger partial charge in [-0.1, -0.05) is 103 Å². The molecular formula is C42H47N3O6. The van der Waals surface area contributed by atoms with Crippen LogP contribution in [0.5, 0.6) is 0 Å². The number of aliphatic hydroxyl groups excluding tert-OH is 1. The minimum atomic E-state index is -1.26. The van der Waals surface area contributed by atoms with Crippen LogP contribution in [0.1, 0.15) is 36.8 Å². The summed E-state index contributed by atoms with van der Waals surface area (Å²) in [6.45, 7) is 7.27. The molecule has 0 radical (unpaired) electrons. The quantitative estimate of drug-likeness (QED) is 0.0746. The molecule has 0 aliphatic heterocycles. The number of fused-ring (bicyclic) bond motifs is 1. The number of rotatable bonds is 20. The Morgan fingerprint density at radius 1 is 0.784 bits per heavy atom. The molecule has 266 valence electrons. The van der Waals surface area contributed by atoms with Gasteiger partial charge in [0, 0.05) is 25.2 Å². The number of anilines is 1. The predicted molar refractivity (Wildman–Crippen MR) is 200 cm³/mol. The van der Waals surface area contributed by atoms with E-state index in [2.05, 4.69) is 23.8 Å². The molecule has 0 aliphatic rings. The average molecular weight is 690 g/mol. The normalized spacial score (nSPS) is 12.6. The number of aliphatic hydroxyl groups is 1. The number of nitrogens with zero attached hydrogens (tertiary/aromatic N) is 1. The van der Waals surface area contributed by atoms with Gasteiger partial charge in [0.2, 0.25) is 11.8 Å². The van der Waals surface area contributed by atoms with Crippen molar-refractivity contribution in [2.75, 3.05) is 25.1 Å². The number of nitrogens with one attached hydrogen (secondary N) is 2. The first-order valence-corrected chi connectivity index (χ1v) is 17.3. The highest BCUT2D eigenvalue weighted by Gasteiger charge is 2.30. The lowest BCUT2D eigenvalue weighted by atomic mass is 9.95. The summed E-state index contributed by atoms with van der Waals surface area (Å²) < 4.78 is 5.75. The van der Waals surface area contributed by atoms with Crippen molar-refractivity contribution in [2.45, 2.75) is 44.7 Å². The van der Waals surface area contributed by atoms with Crippen LogP contribution in [-0.2, 0) is 36.9 Å². The Morgan fingerprint density at radius 3 is 2.12 bits per heavy atom. The number of benzene rings is 4. The number of allylic oxidation sites excluding steroid dienone is 2. The van der Waals surface area contributed by atoms with Gasteiger partial charge < -0.3 is 25.4 Å². The van der Waals surface area contributed by atoms with Gasteiger partial charge in [0.25, 0.3) is 5.91 Å². The second kappa shape index (κ2) is 20.2. The second-order valence-corrected chi connectivity index (χ2v) is 12.4. The Morgan fingerprint density at radius 2 is 1.45 bits per heavy atom. The van der Waals surface area contributed by atoms with Crippen LogP contribution in [0.4, 0.5) is 5.69 Å². The molecule has 0 heterocycles. The topological polar surface area (TPSA) is 125 Å². The van der Waals surface area contributed by atoms with Crippen molar-refractivity contribution in [3.8, 4) is 0 Å². The molecule has 0 fully saturated rings. The Bertz CT molecular complexity index is 1760. The standard InChI is InChI=1S/C42H47N3O6/c1-3-5-19-36(26-31-15-8-6-9-16-31)42(50)51-30-38(41(49)43-37-23-22-33-20-12-13-21-34(33)27-37)44-40(48)35(14-4-2)28-39(47)45(24-25-46)29-32-17-10-7-11-18-32/h3-4,6-13,15-18,20-23,27,35-36,38,46H,1-2,5,14,19,24-26,28-30H2,(H,43,49)(H,44,48). The van der Waals surface area contributed by atoms with Crippen LogP contribution in [0.15, 0.2) is 128 Å². The lowest BCUT2D eigenvalue weighted by molar-refractivity contribution is -0.150. The molecule has 3 amide bonds. The van der Waals surface area contributed by atoms with Crippen LogP contribution >= 0.6 is 0 Å². The fourth-order valence-corrected chi connectivity index (χ4v) is 5.81. The van der Waals surface area contributed by atoms with E-state index in [-0.39, 0.29) is 38.4 Å². The highest BCUT2D eigenvalue weighted by molar-refractivity contribution is 5.99. The lowest BCUT2D eigenvalue weighted by Crippen LogP contribution is -2.50. The first-order valence-electron chi connectivity index (χ1n) is 17.3. The number of hydrogen-bond acceptors (Lipinski definition) is 6. The Kier molecular flexibility index (Phi) is 15.2. The fourth-order valence-electron chi connectivity index (χ4n) is 5.81. The van der Waals surface area contributed by atoms with Crippen molar-refractivity contribution >= 4 is 40.2 Å². The van der Waals surface area contributed by atoms with Crippen LogP contribution in [0.25, 0.3) is 10.8 Å². The van der Waals surface area contributed by atoms with E-state index in [0.29, 0.717) is 24.9 Å². The average Bonchev–Trinajstić information content (AvgIpc) is 3.15. The van der Waals surface area contributed by atoms with Gasteiger partial charge in [-0.05, 0) is 59.7 Å². The smallest absolute Gasteiger partial charge is 0.309 e. The third-order valence-electron chi connectivity index (χ3n) is 8.60. The van der Waals surface area contributed by atoms with E-state index in [1.807, 2.05) is 97.1 Å². The zero-order chi connectivity index (χ0) is 36.4. The summed E-state index contributed by atoms with van der Waals surface area (Å²) in [6, 6.07) is 30.9. The van der Waals surface area contributed by atoms with Gasteiger partial charge in [-0.2, -0.15) is 0 Å². The Labute approximate surface area is 300 Å². The molecule has 3 unspecified atom stereocenters. The number of esters is 1. The molecule has 4 aromatic carbocycles. The summed E-state index contributed by atoms with van der Waals surface area (Å²) in [5.74, 6) is -3.31. The molecule has 0 bridgehead atoms. The highest BCUT2D eigenvalue weighted by atomic mass is 16.5. The van der Waals surface area contributed by atoms with Gasteiger partial charge >= 0.3 is 5.97 Å². The fraction of sp³-hybridized carbons (Fsp3) is 0.286. The van der Waals surface area contributed by atoms with E-state index in [1.54, 1.807) is 18.2 Å². The molecule has 9 nitrogen and oxygen atoms in total. The van der Waals surface area contributed by atoms with E-state index in [0.717, 1.165) is 21.9 Å². The van der Waals surface area contributed by atoms with E-state index in [1.165, 1.54) is 4.90 Å². The minimum absolute atomic E-state index is 0.0961. The van der Waals surface area contributed by atoms with E-state index in [9.17, 15) is 24.3 Å². The SMILES string of the molecule is C=CCCC(Cc1ccccc1)C(=O)OCC(NC(=O)C(CC=C)CC(=O)N(CCO)Cc1ccccc1)C(=O)Nc1ccc2ccccc2c1. The van der Waals surface area contributed by atoms with Crippen LogP contribution in [-0.4, -0.2) is 59.5 Å². The minimum Gasteiger partial charge on any atom is -0.463 e. The molecule has 0 spiro atoms. The molecular weight excluding hydrogens is 642 g/mol. The van der Waals surface area contributed by atoms with Crippen molar-refractivity contribution in [1.29, 1.82) is 0 Å². The van der Waals surface area contributed by atoms with Gasteiger partial charge in [-0.15, -0.1) is 13.2 Å². The maximum absolute atomic E-state index is 13.8. The van der Waals surface area contributed by atoms with E-state index < -0.39 is 42.3 Å². The van der Waals surface area contributed by atoms with Gasteiger partial charge in [0.15, 0.2) is 0 Å². The van der Waals surface area contributed by atoms with Gasteiger partial charge in [-0.25, -0.2) is 0 Å². The summed E-state index contributed by atoms with van der Waals surface area (Å²) >= 11 is 0. The summed E-state index contributed by atoms with van der Waals surface area (Å²) in [6.07, 6.45) is 4.83. The first kappa shape index (κ1) is 38.3. The van der Waals surface area contributed by atoms with E-state index in [4.69, 9.17) is 4.74 Å². The van der Waals surface area contributed by atoms with Gasteiger partial charge in [0.1, 0.15) is 12.6 Å². The number of carbonyl (C=O) groups is 4. The zero-order valence-corrected chi connectivity index (χ0v) is 28.9. The number of hydrogen-bond donors (Lipinski definition) is 3. The van der Waals surface area contributed by atoms with Crippen molar-refractivity contribution in [2.24, 2.45) is 11.8 Å². The molecule has 4 rings (SSSR count). The number of amides is 3. The molecule has 9 heteroatoms. The van der Waals surface area contributed by atoms with Crippen LogP contribution < -0.4 is 10.6 Å². The molecule has 0 saturated heterocycles. The van der Waals surface area contributed by atoms with Crippen LogP contribution in [0.2, 0.25) is 0 Å². The van der Waals surface area contributed by atoms with Crippen molar-refractivity contribution in [3.63, 3.8) is 0 Å². The Hall–Kier alpha value is -5.54. The molecule has 51 heavy (non-hydrogen) atoms. The third-order valence-corrected chi connectivity index (χ3v) is 8.60. The maximum Gasteiger partial charge on any atom is 0.309 e. The zero-order valence-electron chi connectivity index (χ0n) is 28.9. The number of ether oxygens (including phenoxy) is 1. The lowest BCUT2D eigenvalue weighted by Gasteiger charge is -2.26. The monoisotopic (exact) mass is 689 g/mol. The van der Waals surface area contributed by atoms with Crippen molar-refractivity contribution < 1.29 is 29.0 Å². The molecule has 3 N–H and O–H groups in total. The number of carbonyl (C=O) groups excluding carboxylic acids is 4. The predicted octanol–water partition coefficient (Wildman–Crippen LogP) is 6.23. The molecule has 0 aliphatic carbocycles. The highest BCUT2D eigenvalue weighted by Crippen LogP contribution is 2.21. The van der Waals surface area contributed by atoms with Gasteiger partial charge in [0.05, 0.1) is 18.4 Å². The van der Waals surface area contributed by atoms with Crippen LogP contribution in [0.3, 0.4) is 0 Å². The molecule has 4 aromatic rings. The maximum atomic E-state index is 13.8. The summed E-state index contributed by atoms with van der Waals surface area (Å²) in [5.41, 5.74) is 2.37. The van der Waals surface area contributed by atoms with Crippen molar-refractivity contribution in [1.82, 2.24) is 10.2 Å². The molecule has 0 aromatic heterocycles. The van der Waals surface area contributed by atoms with Crippen LogP contribution in [0, 0.1) is 11.8 Å². The summed E-state index contributed by atoms with van der Waals surface area (Å²) in [4.78, 5) is 56.0. The van der Waals surface area contributed by atoms with E-state index >= 15 is 0 Å². The summed E-state index contributed by atoms with van der Waals surface area (Å²) in [7, 11) is 0. The summed E-state index contributed by atoms with van der Waals surface area (Å²) in [5, 5.41) is 17.2.